The quantitative estimate of drug-likeness (QED) is 0.705. The molecule has 0 atom stereocenters. The molecule has 1 amide bonds. The zero-order valence-corrected chi connectivity index (χ0v) is 14.2. The molecule has 0 saturated carbocycles. The fourth-order valence-corrected chi connectivity index (χ4v) is 2.21. The SMILES string of the molecule is COc1nc(CNC(=O)Cc2noc3ccccc23)nc(N(C)C)n1. The molecule has 2 heterocycles. The molecule has 0 radical (unpaired) electrons. The van der Waals surface area contributed by atoms with E-state index < -0.39 is 0 Å². The fraction of sp³-hybridized carbons (Fsp3) is 0.312. The Kier molecular flexibility index (Phi) is 4.73. The van der Waals surface area contributed by atoms with Crippen molar-refractivity contribution in [1.82, 2.24) is 25.4 Å². The number of carbonyl (C=O) groups is 1. The summed E-state index contributed by atoms with van der Waals surface area (Å²) in [5.74, 6) is 0.664. The van der Waals surface area contributed by atoms with Gasteiger partial charge in [-0.05, 0) is 12.1 Å². The van der Waals surface area contributed by atoms with Crippen molar-refractivity contribution in [3.8, 4) is 6.01 Å². The van der Waals surface area contributed by atoms with E-state index >= 15 is 0 Å². The van der Waals surface area contributed by atoms with Crippen LogP contribution in [0.3, 0.4) is 0 Å². The highest BCUT2D eigenvalue weighted by Crippen LogP contribution is 2.18. The second kappa shape index (κ2) is 7.12. The summed E-state index contributed by atoms with van der Waals surface area (Å²) in [5.41, 5.74) is 1.25. The van der Waals surface area contributed by atoms with Crippen molar-refractivity contribution >= 4 is 22.8 Å². The first-order valence-electron chi connectivity index (χ1n) is 7.63. The maximum atomic E-state index is 12.2. The Morgan fingerprint density at radius 1 is 1.24 bits per heavy atom. The molecular formula is C16H18N6O3. The summed E-state index contributed by atoms with van der Waals surface area (Å²) >= 11 is 0. The summed E-state index contributed by atoms with van der Waals surface area (Å²) in [4.78, 5) is 26.5. The molecule has 0 bridgehead atoms. The number of nitrogens with zero attached hydrogens (tertiary/aromatic N) is 5. The second-order valence-corrected chi connectivity index (χ2v) is 5.51. The molecule has 0 saturated heterocycles. The first-order chi connectivity index (χ1) is 12.1. The molecule has 1 aromatic carbocycles. The number of anilines is 1. The molecule has 0 unspecified atom stereocenters. The zero-order valence-electron chi connectivity index (χ0n) is 14.2. The Morgan fingerprint density at radius 3 is 2.80 bits per heavy atom. The first-order valence-corrected chi connectivity index (χ1v) is 7.63. The van der Waals surface area contributed by atoms with Crippen LogP contribution in [0.25, 0.3) is 11.0 Å². The van der Waals surface area contributed by atoms with Crippen molar-refractivity contribution in [2.75, 3.05) is 26.1 Å². The van der Waals surface area contributed by atoms with E-state index in [2.05, 4.69) is 25.4 Å². The lowest BCUT2D eigenvalue weighted by molar-refractivity contribution is -0.120. The minimum atomic E-state index is -0.204. The van der Waals surface area contributed by atoms with Crippen molar-refractivity contribution in [3.05, 3.63) is 35.8 Å². The van der Waals surface area contributed by atoms with Gasteiger partial charge in [0.05, 0.1) is 20.1 Å². The molecule has 0 aliphatic carbocycles. The minimum absolute atomic E-state index is 0.111. The van der Waals surface area contributed by atoms with Gasteiger partial charge in [0, 0.05) is 19.5 Å². The van der Waals surface area contributed by atoms with Crippen LogP contribution < -0.4 is 15.0 Å². The maximum absolute atomic E-state index is 12.2. The molecule has 0 aliphatic rings. The predicted octanol–water partition coefficient (Wildman–Crippen LogP) is 0.946. The number of rotatable bonds is 6. The lowest BCUT2D eigenvalue weighted by atomic mass is 10.1. The zero-order chi connectivity index (χ0) is 17.8. The van der Waals surface area contributed by atoms with Crippen molar-refractivity contribution in [2.45, 2.75) is 13.0 Å². The van der Waals surface area contributed by atoms with Crippen molar-refractivity contribution in [1.29, 1.82) is 0 Å². The Bertz CT molecular complexity index is 892. The van der Waals surface area contributed by atoms with Gasteiger partial charge in [-0.1, -0.05) is 17.3 Å². The lowest BCUT2D eigenvalue weighted by Crippen LogP contribution is -2.26. The van der Waals surface area contributed by atoms with E-state index in [1.165, 1.54) is 7.11 Å². The number of benzene rings is 1. The number of fused-ring (bicyclic) bond motifs is 1. The van der Waals surface area contributed by atoms with E-state index in [9.17, 15) is 4.79 Å². The van der Waals surface area contributed by atoms with Crippen LogP contribution in [0, 0.1) is 0 Å². The largest absolute Gasteiger partial charge is 0.467 e. The van der Waals surface area contributed by atoms with E-state index in [1.807, 2.05) is 38.4 Å². The van der Waals surface area contributed by atoms with Crippen LogP contribution in [0.1, 0.15) is 11.5 Å². The standard InChI is InChI=1S/C16H18N6O3/c1-22(2)15-18-13(19-16(20-15)24-3)9-17-14(23)8-11-10-6-4-5-7-12(10)25-21-11/h4-7H,8-9H2,1-3H3,(H,17,23). The number of methoxy groups -OCH3 is 1. The Balaban J connectivity index is 1.67. The van der Waals surface area contributed by atoms with Gasteiger partial charge in [-0.2, -0.15) is 15.0 Å². The van der Waals surface area contributed by atoms with Crippen LogP contribution in [0.15, 0.2) is 28.8 Å². The fourth-order valence-electron chi connectivity index (χ4n) is 2.21. The molecular weight excluding hydrogens is 324 g/mol. The highest BCUT2D eigenvalue weighted by molar-refractivity contribution is 5.86. The molecule has 0 spiro atoms. The van der Waals surface area contributed by atoms with Gasteiger partial charge in [0.15, 0.2) is 11.4 Å². The monoisotopic (exact) mass is 342 g/mol. The summed E-state index contributed by atoms with van der Waals surface area (Å²) in [6.07, 6.45) is 0.111. The van der Waals surface area contributed by atoms with Crippen LogP contribution in [-0.2, 0) is 17.8 Å². The van der Waals surface area contributed by atoms with E-state index in [-0.39, 0.29) is 24.9 Å². The van der Waals surface area contributed by atoms with Crippen molar-refractivity contribution < 1.29 is 14.1 Å². The number of carbonyl (C=O) groups excluding carboxylic acids is 1. The van der Waals surface area contributed by atoms with Crippen LogP contribution in [0.4, 0.5) is 5.95 Å². The van der Waals surface area contributed by atoms with Crippen LogP contribution in [0.2, 0.25) is 0 Å². The molecule has 2 aromatic heterocycles. The van der Waals surface area contributed by atoms with Gasteiger partial charge >= 0.3 is 6.01 Å². The number of nitrogens with one attached hydrogen (secondary N) is 1. The minimum Gasteiger partial charge on any atom is -0.467 e. The molecule has 3 rings (SSSR count). The summed E-state index contributed by atoms with van der Waals surface area (Å²) in [6.45, 7) is 0.161. The molecule has 0 fully saturated rings. The molecule has 1 N–H and O–H groups in total. The molecule has 25 heavy (non-hydrogen) atoms. The van der Waals surface area contributed by atoms with Gasteiger partial charge in [-0.3, -0.25) is 4.79 Å². The van der Waals surface area contributed by atoms with Gasteiger partial charge in [-0.25, -0.2) is 0 Å². The van der Waals surface area contributed by atoms with Crippen molar-refractivity contribution in [2.24, 2.45) is 0 Å². The Hall–Kier alpha value is -3.23. The van der Waals surface area contributed by atoms with Crippen LogP contribution in [-0.4, -0.2) is 47.2 Å². The van der Waals surface area contributed by atoms with Crippen LogP contribution in [0.5, 0.6) is 6.01 Å². The maximum Gasteiger partial charge on any atom is 0.321 e. The third-order valence-electron chi connectivity index (χ3n) is 3.46. The third-order valence-corrected chi connectivity index (χ3v) is 3.46. The highest BCUT2D eigenvalue weighted by Gasteiger charge is 2.13. The molecule has 0 aliphatic heterocycles. The van der Waals surface area contributed by atoms with E-state index in [0.29, 0.717) is 23.0 Å². The molecule has 9 nitrogen and oxygen atoms in total. The van der Waals surface area contributed by atoms with Gasteiger partial charge in [0.2, 0.25) is 11.9 Å². The number of hydrogen-bond acceptors (Lipinski definition) is 8. The third kappa shape index (κ3) is 3.82. The van der Waals surface area contributed by atoms with E-state index in [4.69, 9.17) is 9.26 Å². The summed E-state index contributed by atoms with van der Waals surface area (Å²) in [6, 6.07) is 7.61. The number of aromatic nitrogens is 4. The second-order valence-electron chi connectivity index (χ2n) is 5.51. The number of amides is 1. The summed E-state index contributed by atoms with van der Waals surface area (Å²) in [7, 11) is 5.10. The molecule has 3 aromatic rings. The van der Waals surface area contributed by atoms with Gasteiger partial charge in [0.25, 0.3) is 0 Å². The van der Waals surface area contributed by atoms with Crippen LogP contribution >= 0.6 is 0 Å². The van der Waals surface area contributed by atoms with Gasteiger partial charge in [0.1, 0.15) is 5.69 Å². The summed E-state index contributed by atoms with van der Waals surface area (Å²) < 4.78 is 10.3. The number of para-hydroxylation sites is 1. The van der Waals surface area contributed by atoms with Crippen molar-refractivity contribution in [3.63, 3.8) is 0 Å². The normalized spacial score (nSPS) is 10.7. The Morgan fingerprint density at radius 2 is 2.04 bits per heavy atom. The average Bonchev–Trinajstić information content (AvgIpc) is 3.02. The van der Waals surface area contributed by atoms with E-state index in [1.54, 1.807) is 4.90 Å². The summed E-state index contributed by atoms with van der Waals surface area (Å²) in [5, 5.41) is 7.55. The van der Waals surface area contributed by atoms with E-state index in [0.717, 1.165) is 5.39 Å². The number of hydrogen-bond donors (Lipinski definition) is 1. The topological polar surface area (TPSA) is 106 Å². The first kappa shape index (κ1) is 16.6. The van der Waals surface area contributed by atoms with Gasteiger partial charge < -0.3 is 19.5 Å². The number of ether oxygens (including phenoxy) is 1. The predicted molar refractivity (Wildman–Crippen MR) is 90.3 cm³/mol. The smallest absolute Gasteiger partial charge is 0.321 e. The lowest BCUT2D eigenvalue weighted by Gasteiger charge is -2.12. The molecule has 130 valence electrons. The highest BCUT2D eigenvalue weighted by atomic mass is 16.5. The van der Waals surface area contributed by atoms with Gasteiger partial charge in [-0.15, -0.1) is 0 Å². The molecule has 9 heteroatoms. The average molecular weight is 342 g/mol. The Labute approximate surface area is 144 Å².